The summed E-state index contributed by atoms with van der Waals surface area (Å²) < 4.78 is 5.19. The molecule has 1 aromatic carbocycles. The lowest BCUT2D eigenvalue weighted by Crippen LogP contribution is -2.30. The number of phenolic OH excluding ortho intramolecular Hbond substituents is 1. The molecule has 0 radical (unpaired) electrons. The second kappa shape index (κ2) is 6.64. The maximum atomic E-state index is 9.90. The quantitative estimate of drug-likeness (QED) is 0.813. The maximum Gasteiger partial charge on any atom is 0.120 e. The summed E-state index contributed by atoms with van der Waals surface area (Å²) in [6.07, 6.45) is 1.12. The number of hydrogen-bond acceptors (Lipinski definition) is 3. The van der Waals surface area contributed by atoms with E-state index >= 15 is 0 Å². The molecule has 0 heterocycles. The van der Waals surface area contributed by atoms with Crippen LogP contribution in [0, 0.1) is 5.92 Å². The van der Waals surface area contributed by atoms with Gasteiger partial charge in [0.25, 0.3) is 0 Å². The molecule has 0 amide bonds. The minimum absolute atomic E-state index is 0.105. The molecule has 0 saturated carbocycles. The van der Waals surface area contributed by atoms with Crippen LogP contribution in [0.25, 0.3) is 0 Å². The number of aromatic hydroxyl groups is 1. The first-order valence-electron chi connectivity index (χ1n) is 6.57. The minimum Gasteiger partial charge on any atom is -0.508 e. The van der Waals surface area contributed by atoms with Gasteiger partial charge < -0.3 is 15.2 Å². The van der Waals surface area contributed by atoms with Crippen LogP contribution >= 0.6 is 0 Å². The van der Waals surface area contributed by atoms with Crippen LogP contribution in [0.2, 0.25) is 0 Å². The van der Waals surface area contributed by atoms with E-state index in [2.05, 4.69) is 33.0 Å². The summed E-state index contributed by atoms with van der Waals surface area (Å²) in [4.78, 5) is 0. The molecule has 3 heteroatoms. The highest BCUT2D eigenvalue weighted by Crippen LogP contribution is 2.28. The van der Waals surface area contributed by atoms with Gasteiger partial charge in [-0.25, -0.2) is 0 Å². The smallest absolute Gasteiger partial charge is 0.120 e. The first-order valence-corrected chi connectivity index (χ1v) is 6.57. The van der Waals surface area contributed by atoms with Gasteiger partial charge in [-0.2, -0.15) is 0 Å². The predicted molar refractivity (Wildman–Crippen MR) is 75.1 cm³/mol. The van der Waals surface area contributed by atoms with Gasteiger partial charge in [0, 0.05) is 17.6 Å². The molecule has 2 atom stereocenters. The van der Waals surface area contributed by atoms with Gasteiger partial charge in [-0.15, -0.1) is 0 Å². The van der Waals surface area contributed by atoms with E-state index in [-0.39, 0.29) is 6.04 Å². The van der Waals surface area contributed by atoms with Crippen molar-refractivity contribution in [2.45, 2.75) is 46.2 Å². The minimum atomic E-state index is 0.105. The van der Waals surface area contributed by atoms with E-state index in [1.54, 1.807) is 19.2 Å². The third kappa shape index (κ3) is 4.22. The fourth-order valence-corrected chi connectivity index (χ4v) is 2.30. The zero-order chi connectivity index (χ0) is 13.7. The van der Waals surface area contributed by atoms with E-state index < -0.39 is 0 Å². The lowest BCUT2D eigenvalue weighted by molar-refractivity contribution is 0.387. The lowest BCUT2D eigenvalue weighted by atomic mass is 10.0. The Morgan fingerprint density at radius 3 is 2.44 bits per heavy atom. The van der Waals surface area contributed by atoms with E-state index in [9.17, 15) is 5.11 Å². The van der Waals surface area contributed by atoms with E-state index in [1.165, 1.54) is 0 Å². The van der Waals surface area contributed by atoms with Gasteiger partial charge >= 0.3 is 0 Å². The van der Waals surface area contributed by atoms with Crippen molar-refractivity contribution in [2.24, 2.45) is 5.92 Å². The number of rotatable bonds is 6. The third-order valence-electron chi connectivity index (χ3n) is 3.06. The molecule has 0 bridgehead atoms. The average Bonchev–Trinajstić information content (AvgIpc) is 2.28. The molecule has 1 aromatic rings. The molecule has 0 aliphatic heterocycles. The number of nitrogens with one attached hydrogen (secondary N) is 1. The summed E-state index contributed by atoms with van der Waals surface area (Å²) in [7, 11) is 1.63. The van der Waals surface area contributed by atoms with Gasteiger partial charge in [-0.05, 0) is 44.4 Å². The highest BCUT2D eigenvalue weighted by Gasteiger charge is 2.14. The van der Waals surface area contributed by atoms with Crippen LogP contribution in [0.4, 0.5) is 0 Å². The highest BCUT2D eigenvalue weighted by atomic mass is 16.5. The molecule has 0 aliphatic rings. The summed E-state index contributed by atoms with van der Waals surface area (Å²) >= 11 is 0. The van der Waals surface area contributed by atoms with Gasteiger partial charge in [0.15, 0.2) is 0 Å². The monoisotopic (exact) mass is 251 g/mol. The molecule has 3 nitrogen and oxygen atoms in total. The van der Waals surface area contributed by atoms with E-state index in [0.717, 1.165) is 17.7 Å². The molecule has 0 spiro atoms. The Labute approximate surface area is 110 Å². The molecule has 2 unspecified atom stereocenters. The molecule has 0 saturated heterocycles. The molecular formula is C15H25NO2. The molecule has 0 aliphatic carbocycles. The fraction of sp³-hybridized carbons (Fsp3) is 0.600. The summed E-state index contributed by atoms with van der Waals surface area (Å²) in [6, 6.07) is 5.86. The Hall–Kier alpha value is -1.22. The van der Waals surface area contributed by atoms with E-state index in [0.29, 0.717) is 17.7 Å². The van der Waals surface area contributed by atoms with Crippen LogP contribution in [0.15, 0.2) is 18.2 Å². The zero-order valence-electron chi connectivity index (χ0n) is 12.0. The fourth-order valence-electron chi connectivity index (χ4n) is 2.30. The lowest BCUT2D eigenvalue weighted by Gasteiger charge is -2.22. The molecule has 1 rings (SSSR count). The number of ether oxygens (including phenoxy) is 1. The maximum absolute atomic E-state index is 9.90. The molecule has 102 valence electrons. The number of methoxy groups -OCH3 is 1. The largest absolute Gasteiger partial charge is 0.508 e. The second-order valence-electron chi connectivity index (χ2n) is 5.34. The van der Waals surface area contributed by atoms with Gasteiger partial charge in [0.05, 0.1) is 7.11 Å². The van der Waals surface area contributed by atoms with Crippen molar-refractivity contribution < 1.29 is 9.84 Å². The SMILES string of the molecule is COc1ccc(O)c(C(C)NC(C)CC(C)C)c1. The van der Waals surface area contributed by atoms with Crippen molar-refractivity contribution in [1.29, 1.82) is 0 Å². The van der Waals surface area contributed by atoms with Crippen molar-refractivity contribution in [3.05, 3.63) is 23.8 Å². The van der Waals surface area contributed by atoms with Crippen molar-refractivity contribution in [1.82, 2.24) is 5.32 Å². The Kier molecular flexibility index (Phi) is 5.48. The van der Waals surface area contributed by atoms with Crippen molar-refractivity contribution in [3.63, 3.8) is 0 Å². The standard InChI is InChI=1S/C15H25NO2/c1-10(2)8-11(3)16-12(4)14-9-13(18-5)6-7-15(14)17/h6-7,9-12,16-17H,8H2,1-5H3. The Bertz CT molecular complexity index is 377. The summed E-state index contributed by atoms with van der Waals surface area (Å²) in [5, 5.41) is 13.4. The molecular weight excluding hydrogens is 226 g/mol. The Balaban J connectivity index is 2.73. The second-order valence-corrected chi connectivity index (χ2v) is 5.34. The van der Waals surface area contributed by atoms with Crippen molar-refractivity contribution in [3.8, 4) is 11.5 Å². The number of hydrogen-bond donors (Lipinski definition) is 2. The van der Waals surface area contributed by atoms with E-state index in [1.807, 2.05) is 6.07 Å². The summed E-state index contributed by atoms with van der Waals surface area (Å²) in [5.41, 5.74) is 0.880. The molecule has 0 fully saturated rings. The Morgan fingerprint density at radius 2 is 1.89 bits per heavy atom. The highest BCUT2D eigenvalue weighted by molar-refractivity contribution is 5.41. The first-order chi connectivity index (χ1) is 8.43. The molecule has 0 aromatic heterocycles. The van der Waals surface area contributed by atoms with Crippen LogP contribution in [-0.2, 0) is 0 Å². The summed E-state index contributed by atoms with van der Waals surface area (Å²) in [5.74, 6) is 1.75. The average molecular weight is 251 g/mol. The van der Waals surface area contributed by atoms with Gasteiger partial charge in [-0.3, -0.25) is 0 Å². The van der Waals surface area contributed by atoms with Crippen LogP contribution in [0.1, 0.15) is 45.7 Å². The van der Waals surface area contributed by atoms with Crippen LogP contribution in [0.3, 0.4) is 0 Å². The summed E-state index contributed by atoms with van der Waals surface area (Å²) in [6.45, 7) is 8.66. The van der Waals surface area contributed by atoms with Gasteiger partial charge in [0.2, 0.25) is 0 Å². The first kappa shape index (κ1) is 14.8. The number of benzene rings is 1. The van der Waals surface area contributed by atoms with Crippen LogP contribution in [0.5, 0.6) is 11.5 Å². The van der Waals surface area contributed by atoms with Crippen LogP contribution < -0.4 is 10.1 Å². The van der Waals surface area contributed by atoms with Crippen LogP contribution in [-0.4, -0.2) is 18.3 Å². The number of phenols is 1. The topological polar surface area (TPSA) is 41.5 Å². The normalized spacial score (nSPS) is 14.6. The van der Waals surface area contributed by atoms with Gasteiger partial charge in [0.1, 0.15) is 11.5 Å². The molecule has 18 heavy (non-hydrogen) atoms. The van der Waals surface area contributed by atoms with Crippen molar-refractivity contribution in [2.75, 3.05) is 7.11 Å². The predicted octanol–water partition coefficient (Wildman–Crippen LogP) is 3.49. The van der Waals surface area contributed by atoms with E-state index in [4.69, 9.17) is 4.74 Å². The van der Waals surface area contributed by atoms with Crippen molar-refractivity contribution >= 4 is 0 Å². The zero-order valence-corrected chi connectivity index (χ0v) is 12.0. The van der Waals surface area contributed by atoms with Gasteiger partial charge in [-0.1, -0.05) is 13.8 Å². The third-order valence-corrected chi connectivity index (χ3v) is 3.06. The Morgan fingerprint density at radius 1 is 1.22 bits per heavy atom. The molecule has 2 N–H and O–H groups in total.